The van der Waals surface area contributed by atoms with Crippen LogP contribution >= 0.6 is 11.6 Å². The summed E-state index contributed by atoms with van der Waals surface area (Å²) in [6.07, 6.45) is 0. The first kappa shape index (κ1) is 13.6. The van der Waals surface area contributed by atoms with Gasteiger partial charge in [-0.05, 0) is 29.8 Å². The summed E-state index contributed by atoms with van der Waals surface area (Å²) in [5.74, 6) is -0.586. The van der Waals surface area contributed by atoms with Crippen molar-refractivity contribution in [1.82, 2.24) is 0 Å². The Balaban J connectivity index is 1.99. The van der Waals surface area contributed by atoms with Gasteiger partial charge in [0.2, 0.25) is 0 Å². The number of nitrogens with zero attached hydrogens (tertiary/aromatic N) is 1. The van der Waals surface area contributed by atoms with E-state index in [1.165, 1.54) is 7.11 Å². The van der Waals surface area contributed by atoms with Gasteiger partial charge in [-0.1, -0.05) is 29.8 Å². The maximum atomic E-state index is 12.5. The third kappa shape index (κ3) is 2.28. The van der Waals surface area contributed by atoms with Crippen molar-refractivity contribution in [3.63, 3.8) is 0 Å². The van der Waals surface area contributed by atoms with E-state index in [1.807, 2.05) is 12.1 Å². The zero-order valence-corrected chi connectivity index (χ0v) is 12.1. The Morgan fingerprint density at radius 1 is 1.24 bits per heavy atom. The minimum absolute atomic E-state index is 0.155. The van der Waals surface area contributed by atoms with Crippen LogP contribution in [0.3, 0.4) is 0 Å². The van der Waals surface area contributed by atoms with Crippen molar-refractivity contribution < 1.29 is 14.3 Å². The van der Waals surface area contributed by atoms with Crippen LogP contribution in [0.25, 0.3) is 0 Å². The molecule has 1 aliphatic heterocycles. The molecule has 0 atom stereocenters. The van der Waals surface area contributed by atoms with Crippen LogP contribution in [0.5, 0.6) is 0 Å². The smallest absolute Gasteiger partial charge is 0.337 e. The Hall–Kier alpha value is -2.33. The number of carbonyl (C=O) groups is 2. The minimum atomic E-state index is -0.431. The second-order valence-electron chi connectivity index (χ2n) is 4.71. The molecule has 106 valence electrons. The Kier molecular flexibility index (Phi) is 3.39. The number of benzene rings is 2. The van der Waals surface area contributed by atoms with Crippen molar-refractivity contribution in [3.05, 3.63) is 64.2 Å². The maximum Gasteiger partial charge on any atom is 0.337 e. The predicted octanol–water partition coefficient (Wildman–Crippen LogP) is 3.29. The van der Waals surface area contributed by atoms with Gasteiger partial charge in [0.1, 0.15) is 0 Å². The molecule has 0 spiro atoms. The molecular weight excluding hydrogens is 290 g/mol. The van der Waals surface area contributed by atoms with Crippen LogP contribution in [0, 0.1) is 0 Å². The minimum Gasteiger partial charge on any atom is -0.465 e. The summed E-state index contributed by atoms with van der Waals surface area (Å²) in [5, 5.41) is 0.448. The van der Waals surface area contributed by atoms with Crippen molar-refractivity contribution >= 4 is 29.2 Å². The zero-order chi connectivity index (χ0) is 15.0. The van der Waals surface area contributed by atoms with Crippen LogP contribution in [-0.4, -0.2) is 19.0 Å². The molecule has 0 aromatic heterocycles. The van der Waals surface area contributed by atoms with Gasteiger partial charge in [0, 0.05) is 5.69 Å². The number of esters is 1. The molecule has 2 aromatic carbocycles. The Labute approximate surface area is 126 Å². The first-order chi connectivity index (χ1) is 10.1. The molecule has 0 radical (unpaired) electrons. The molecule has 0 unspecified atom stereocenters. The van der Waals surface area contributed by atoms with Gasteiger partial charge in [0.15, 0.2) is 0 Å². The van der Waals surface area contributed by atoms with Crippen LogP contribution in [0.4, 0.5) is 5.69 Å². The van der Waals surface area contributed by atoms with Crippen molar-refractivity contribution in [2.45, 2.75) is 6.54 Å². The number of methoxy groups -OCH3 is 1. The number of hydrogen-bond acceptors (Lipinski definition) is 3. The molecule has 4 nitrogen and oxygen atoms in total. The molecule has 0 saturated carbocycles. The van der Waals surface area contributed by atoms with Crippen molar-refractivity contribution in [1.29, 1.82) is 0 Å². The van der Waals surface area contributed by atoms with Crippen LogP contribution in [0.1, 0.15) is 26.3 Å². The summed E-state index contributed by atoms with van der Waals surface area (Å²) in [6, 6.07) is 12.2. The summed E-state index contributed by atoms with van der Waals surface area (Å²) in [7, 11) is 1.33. The van der Waals surface area contributed by atoms with Crippen LogP contribution in [-0.2, 0) is 11.3 Å². The molecule has 1 amide bonds. The van der Waals surface area contributed by atoms with Crippen LogP contribution in [0.2, 0.25) is 5.02 Å². The van der Waals surface area contributed by atoms with E-state index in [1.54, 1.807) is 35.2 Å². The topological polar surface area (TPSA) is 46.6 Å². The van der Waals surface area contributed by atoms with E-state index < -0.39 is 5.97 Å². The van der Waals surface area contributed by atoms with Crippen molar-refractivity contribution in [2.75, 3.05) is 12.0 Å². The first-order valence-electron chi connectivity index (χ1n) is 6.39. The highest BCUT2D eigenvalue weighted by atomic mass is 35.5. The van der Waals surface area contributed by atoms with E-state index in [-0.39, 0.29) is 5.91 Å². The van der Waals surface area contributed by atoms with E-state index in [2.05, 4.69) is 0 Å². The number of anilines is 1. The Morgan fingerprint density at radius 2 is 2.00 bits per heavy atom. The fourth-order valence-corrected chi connectivity index (χ4v) is 2.72. The highest BCUT2D eigenvalue weighted by molar-refractivity contribution is 6.35. The van der Waals surface area contributed by atoms with Gasteiger partial charge in [0.05, 0.1) is 29.8 Å². The van der Waals surface area contributed by atoms with E-state index in [0.29, 0.717) is 28.4 Å². The number of rotatable bonds is 2. The average Bonchev–Trinajstić information content (AvgIpc) is 2.85. The summed E-state index contributed by atoms with van der Waals surface area (Å²) >= 11 is 6.10. The SMILES string of the molecule is COC(=O)c1cccc(N2Cc3cccc(Cl)c3C2=O)c1. The highest BCUT2D eigenvalue weighted by Crippen LogP contribution is 2.32. The second kappa shape index (κ2) is 5.22. The molecule has 0 aliphatic carbocycles. The largest absolute Gasteiger partial charge is 0.465 e. The van der Waals surface area contributed by atoms with E-state index in [0.717, 1.165) is 5.56 Å². The molecule has 5 heteroatoms. The summed E-state index contributed by atoms with van der Waals surface area (Å²) in [5.41, 5.74) is 2.47. The fourth-order valence-electron chi connectivity index (χ4n) is 2.44. The summed E-state index contributed by atoms with van der Waals surface area (Å²) < 4.78 is 4.70. The molecular formula is C16H12ClNO3. The van der Waals surface area contributed by atoms with Gasteiger partial charge in [-0.15, -0.1) is 0 Å². The van der Waals surface area contributed by atoms with Crippen LogP contribution in [0.15, 0.2) is 42.5 Å². The lowest BCUT2D eigenvalue weighted by Gasteiger charge is -2.16. The Bertz CT molecular complexity index is 742. The van der Waals surface area contributed by atoms with Gasteiger partial charge >= 0.3 is 5.97 Å². The molecule has 0 fully saturated rings. The number of amides is 1. The average molecular weight is 302 g/mol. The summed E-state index contributed by atoms with van der Waals surface area (Å²) in [4.78, 5) is 25.7. The molecule has 1 heterocycles. The van der Waals surface area contributed by atoms with Crippen molar-refractivity contribution in [2.24, 2.45) is 0 Å². The first-order valence-corrected chi connectivity index (χ1v) is 6.77. The third-order valence-electron chi connectivity index (χ3n) is 3.47. The molecule has 1 aliphatic rings. The fraction of sp³-hybridized carbons (Fsp3) is 0.125. The standard InChI is InChI=1S/C16H12ClNO3/c1-21-16(20)10-4-2-6-12(8-10)18-9-11-5-3-7-13(17)14(11)15(18)19/h2-8H,9H2,1H3. The number of hydrogen-bond donors (Lipinski definition) is 0. The monoisotopic (exact) mass is 301 g/mol. The number of fused-ring (bicyclic) bond motifs is 1. The maximum absolute atomic E-state index is 12.5. The number of carbonyl (C=O) groups excluding carboxylic acids is 2. The van der Waals surface area contributed by atoms with Gasteiger partial charge in [-0.3, -0.25) is 4.79 Å². The molecule has 0 saturated heterocycles. The lowest BCUT2D eigenvalue weighted by Crippen LogP contribution is -2.23. The number of ether oxygens (including phenoxy) is 1. The van der Waals surface area contributed by atoms with Crippen molar-refractivity contribution in [3.8, 4) is 0 Å². The quantitative estimate of drug-likeness (QED) is 0.800. The Morgan fingerprint density at radius 3 is 2.71 bits per heavy atom. The second-order valence-corrected chi connectivity index (χ2v) is 5.11. The van der Waals surface area contributed by atoms with Crippen LogP contribution < -0.4 is 4.90 Å². The van der Waals surface area contributed by atoms with Gasteiger partial charge in [-0.25, -0.2) is 4.79 Å². The third-order valence-corrected chi connectivity index (χ3v) is 3.78. The van der Waals surface area contributed by atoms with E-state index >= 15 is 0 Å². The highest BCUT2D eigenvalue weighted by Gasteiger charge is 2.30. The van der Waals surface area contributed by atoms with E-state index in [4.69, 9.17) is 16.3 Å². The molecule has 3 rings (SSSR count). The normalized spacial score (nSPS) is 13.2. The van der Waals surface area contributed by atoms with Gasteiger partial charge in [-0.2, -0.15) is 0 Å². The lowest BCUT2D eigenvalue weighted by atomic mass is 10.1. The molecule has 0 N–H and O–H groups in total. The van der Waals surface area contributed by atoms with Gasteiger partial charge in [0.25, 0.3) is 5.91 Å². The molecule has 0 bridgehead atoms. The lowest BCUT2D eigenvalue weighted by molar-refractivity contribution is 0.0600. The molecule has 2 aromatic rings. The predicted molar refractivity (Wildman–Crippen MR) is 79.7 cm³/mol. The van der Waals surface area contributed by atoms with Gasteiger partial charge < -0.3 is 9.64 Å². The molecule has 21 heavy (non-hydrogen) atoms. The summed E-state index contributed by atoms with van der Waals surface area (Å²) in [6.45, 7) is 0.444. The zero-order valence-electron chi connectivity index (χ0n) is 11.3. The van der Waals surface area contributed by atoms with E-state index in [9.17, 15) is 9.59 Å². The number of halogens is 1.